The first-order chi connectivity index (χ1) is 6.43. The molecule has 4 heteroatoms. The van der Waals surface area contributed by atoms with Crippen molar-refractivity contribution < 1.29 is 0 Å². The topological polar surface area (TPSA) is 25.2 Å². The van der Waals surface area contributed by atoms with Crippen LogP contribution in [0, 0.1) is 0 Å². The van der Waals surface area contributed by atoms with Gasteiger partial charge in [-0.15, -0.1) is 0 Å². The Hall–Kier alpha value is -0.600. The Kier molecular flexibility index (Phi) is 2.09. The van der Waals surface area contributed by atoms with Crippen molar-refractivity contribution >= 4 is 34.7 Å². The average Bonchev–Trinajstić information content (AvgIpc) is 2.28. The number of hydrogen-bond donors (Lipinski definition) is 0. The first kappa shape index (κ1) is 9.94. The van der Waals surface area contributed by atoms with Crippen molar-refractivity contribution in [3.8, 4) is 0 Å². The van der Waals surface area contributed by atoms with Crippen molar-refractivity contribution in [1.29, 1.82) is 0 Å². The standard InChI is InChI=1S/C10H10Cl2N2/c1-5-10(2,3)6-4-7(11)8(12)14-9(6)13-5/h4H,1-3H3. The molecule has 0 atom stereocenters. The third kappa shape index (κ3) is 1.25. The van der Waals surface area contributed by atoms with Gasteiger partial charge in [-0.1, -0.05) is 37.0 Å². The molecule has 0 aliphatic carbocycles. The van der Waals surface area contributed by atoms with E-state index in [-0.39, 0.29) is 5.41 Å². The predicted octanol–water partition coefficient (Wildman–Crippen LogP) is 3.77. The van der Waals surface area contributed by atoms with E-state index in [9.17, 15) is 0 Å². The summed E-state index contributed by atoms with van der Waals surface area (Å²) in [6.45, 7) is 6.19. The zero-order chi connectivity index (χ0) is 10.5. The molecule has 0 spiro atoms. The largest absolute Gasteiger partial charge is 0.237 e. The highest BCUT2D eigenvalue weighted by atomic mass is 35.5. The molecule has 1 aromatic heterocycles. The van der Waals surface area contributed by atoms with E-state index in [1.54, 1.807) is 0 Å². The number of rotatable bonds is 0. The fourth-order valence-electron chi connectivity index (χ4n) is 1.50. The summed E-state index contributed by atoms with van der Waals surface area (Å²) in [7, 11) is 0. The number of halogens is 2. The maximum atomic E-state index is 5.92. The van der Waals surface area contributed by atoms with Crippen LogP contribution < -0.4 is 0 Å². The van der Waals surface area contributed by atoms with Gasteiger partial charge in [0.05, 0.1) is 5.02 Å². The lowest BCUT2D eigenvalue weighted by atomic mass is 9.83. The van der Waals surface area contributed by atoms with Gasteiger partial charge in [0.25, 0.3) is 0 Å². The van der Waals surface area contributed by atoms with E-state index in [1.807, 2.05) is 13.0 Å². The van der Waals surface area contributed by atoms with Crippen LogP contribution in [-0.4, -0.2) is 10.7 Å². The van der Waals surface area contributed by atoms with Crippen molar-refractivity contribution in [3.05, 3.63) is 21.8 Å². The van der Waals surface area contributed by atoms with Crippen LogP contribution in [0.5, 0.6) is 0 Å². The van der Waals surface area contributed by atoms with Crippen molar-refractivity contribution in [2.24, 2.45) is 4.99 Å². The first-order valence-electron chi connectivity index (χ1n) is 4.35. The Labute approximate surface area is 93.0 Å². The van der Waals surface area contributed by atoms with Crippen LogP contribution >= 0.6 is 23.2 Å². The second kappa shape index (κ2) is 2.94. The normalized spacial score (nSPS) is 17.9. The van der Waals surface area contributed by atoms with Gasteiger partial charge in [0.2, 0.25) is 0 Å². The lowest BCUT2D eigenvalue weighted by Crippen LogP contribution is -2.22. The molecule has 0 radical (unpaired) electrons. The molecule has 74 valence electrons. The maximum absolute atomic E-state index is 5.92. The highest BCUT2D eigenvalue weighted by molar-refractivity contribution is 6.41. The summed E-state index contributed by atoms with van der Waals surface area (Å²) in [6, 6.07) is 1.85. The first-order valence-corrected chi connectivity index (χ1v) is 5.11. The van der Waals surface area contributed by atoms with Crippen LogP contribution in [0.3, 0.4) is 0 Å². The molecule has 2 nitrogen and oxygen atoms in total. The molecular formula is C10H10Cl2N2. The molecule has 0 aromatic carbocycles. The summed E-state index contributed by atoms with van der Waals surface area (Å²) in [6.07, 6.45) is 0. The Balaban J connectivity index is 2.69. The van der Waals surface area contributed by atoms with Crippen LogP contribution in [0.4, 0.5) is 5.82 Å². The summed E-state index contributed by atoms with van der Waals surface area (Å²) in [5.74, 6) is 0.696. The second-order valence-electron chi connectivity index (χ2n) is 3.95. The van der Waals surface area contributed by atoms with Crippen molar-refractivity contribution in [3.63, 3.8) is 0 Å². The minimum Gasteiger partial charge on any atom is -0.237 e. The molecule has 2 heterocycles. The van der Waals surface area contributed by atoms with Gasteiger partial charge in [0, 0.05) is 16.7 Å². The third-order valence-electron chi connectivity index (χ3n) is 2.76. The Morgan fingerprint density at radius 3 is 2.57 bits per heavy atom. The second-order valence-corrected chi connectivity index (χ2v) is 4.72. The van der Waals surface area contributed by atoms with E-state index in [0.29, 0.717) is 16.0 Å². The number of aliphatic imine (C=N–C) groups is 1. The molecule has 0 saturated carbocycles. The molecular weight excluding hydrogens is 219 g/mol. The number of pyridine rings is 1. The summed E-state index contributed by atoms with van der Waals surface area (Å²) >= 11 is 11.7. The van der Waals surface area contributed by atoms with E-state index < -0.39 is 0 Å². The van der Waals surface area contributed by atoms with Gasteiger partial charge in [0.1, 0.15) is 5.15 Å². The summed E-state index contributed by atoms with van der Waals surface area (Å²) in [5.41, 5.74) is 2.00. The van der Waals surface area contributed by atoms with Gasteiger partial charge >= 0.3 is 0 Å². The van der Waals surface area contributed by atoms with Gasteiger partial charge in [-0.3, -0.25) is 0 Å². The monoisotopic (exact) mass is 228 g/mol. The number of fused-ring (bicyclic) bond motifs is 1. The predicted molar refractivity (Wildman–Crippen MR) is 60.1 cm³/mol. The fraction of sp³-hybridized carbons (Fsp3) is 0.400. The van der Waals surface area contributed by atoms with E-state index in [0.717, 1.165) is 11.3 Å². The average molecular weight is 229 g/mol. The highest BCUT2D eigenvalue weighted by Gasteiger charge is 2.33. The highest BCUT2D eigenvalue weighted by Crippen LogP contribution is 2.41. The molecule has 0 saturated heterocycles. The molecule has 0 unspecified atom stereocenters. The van der Waals surface area contributed by atoms with Gasteiger partial charge in [-0.25, -0.2) is 9.98 Å². The molecule has 1 aromatic rings. The van der Waals surface area contributed by atoms with Crippen molar-refractivity contribution in [1.82, 2.24) is 4.98 Å². The number of nitrogens with zero attached hydrogens (tertiary/aromatic N) is 2. The van der Waals surface area contributed by atoms with E-state index >= 15 is 0 Å². The molecule has 0 N–H and O–H groups in total. The van der Waals surface area contributed by atoms with Crippen LogP contribution in [0.1, 0.15) is 26.3 Å². The summed E-state index contributed by atoms with van der Waals surface area (Å²) in [5, 5.41) is 0.808. The fourth-order valence-corrected chi connectivity index (χ4v) is 1.78. The molecule has 0 bridgehead atoms. The Morgan fingerprint density at radius 2 is 1.93 bits per heavy atom. The lowest BCUT2D eigenvalue weighted by molar-refractivity contribution is 0.731. The van der Waals surface area contributed by atoms with Gasteiger partial charge in [-0.05, 0) is 13.0 Å². The molecule has 1 aliphatic heterocycles. The number of hydrogen-bond acceptors (Lipinski definition) is 2. The van der Waals surface area contributed by atoms with Crippen LogP contribution in [-0.2, 0) is 5.41 Å². The Morgan fingerprint density at radius 1 is 1.29 bits per heavy atom. The summed E-state index contributed by atoms with van der Waals surface area (Å²) in [4.78, 5) is 8.51. The number of aromatic nitrogens is 1. The smallest absolute Gasteiger partial charge is 0.157 e. The van der Waals surface area contributed by atoms with Crippen molar-refractivity contribution in [2.45, 2.75) is 26.2 Å². The zero-order valence-electron chi connectivity index (χ0n) is 8.23. The molecule has 2 rings (SSSR count). The third-order valence-corrected chi connectivity index (χ3v) is 3.44. The van der Waals surface area contributed by atoms with Crippen LogP contribution in [0.2, 0.25) is 10.2 Å². The Bertz CT molecular complexity index is 436. The van der Waals surface area contributed by atoms with E-state index in [4.69, 9.17) is 23.2 Å². The van der Waals surface area contributed by atoms with Crippen molar-refractivity contribution in [2.75, 3.05) is 0 Å². The van der Waals surface area contributed by atoms with E-state index in [1.165, 1.54) is 0 Å². The lowest BCUT2D eigenvalue weighted by Gasteiger charge is -2.19. The molecule has 1 aliphatic rings. The quantitative estimate of drug-likeness (QED) is 0.621. The maximum Gasteiger partial charge on any atom is 0.157 e. The minimum atomic E-state index is -0.0867. The van der Waals surface area contributed by atoms with Crippen LogP contribution in [0.15, 0.2) is 11.1 Å². The van der Waals surface area contributed by atoms with Gasteiger partial charge in [-0.2, -0.15) is 0 Å². The van der Waals surface area contributed by atoms with Gasteiger partial charge in [0.15, 0.2) is 5.82 Å². The zero-order valence-corrected chi connectivity index (χ0v) is 9.74. The summed E-state index contributed by atoms with van der Waals surface area (Å²) < 4.78 is 0. The SMILES string of the molecule is CC1=Nc2nc(Cl)c(Cl)cc2C1(C)C. The van der Waals surface area contributed by atoms with E-state index in [2.05, 4.69) is 23.8 Å². The van der Waals surface area contributed by atoms with Gasteiger partial charge < -0.3 is 0 Å². The molecule has 0 fully saturated rings. The minimum absolute atomic E-state index is 0.0867. The molecule has 0 amide bonds. The molecule has 14 heavy (non-hydrogen) atoms. The van der Waals surface area contributed by atoms with Crippen LogP contribution in [0.25, 0.3) is 0 Å².